The van der Waals surface area contributed by atoms with Crippen LogP contribution in [-0.4, -0.2) is 29.9 Å². The zero-order chi connectivity index (χ0) is 13.9. The third-order valence-corrected chi connectivity index (χ3v) is 4.79. The zero-order valence-electron chi connectivity index (χ0n) is 12.3. The fourth-order valence-electron chi connectivity index (χ4n) is 3.45. The molecule has 1 unspecified atom stereocenters. The largest absolute Gasteiger partial charge is 0.341 e. The molecule has 1 N–H and O–H groups in total. The summed E-state index contributed by atoms with van der Waals surface area (Å²) in [7, 11) is 0. The molecule has 0 saturated carbocycles. The fourth-order valence-corrected chi connectivity index (χ4v) is 3.45. The van der Waals surface area contributed by atoms with Gasteiger partial charge in [-0.3, -0.25) is 4.79 Å². The van der Waals surface area contributed by atoms with Gasteiger partial charge in [0.2, 0.25) is 5.91 Å². The normalized spacial score (nSPS) is 26.1. The van der Waals surface area contributed by atoms with Gasteiger partial charge in [-0.15, -0.1) is 0 Å². The van der Waals surface area contributed by atoms with E-state index in [0.717, 1.165) is 32.5 Å². The number of benzene rings is 1. The van der Waals surface area contributed by atoms with Crippen LogP contribution in [0.1, 0.15) is 37.3 Å². The first-order chi connectivity index (χ1) is 9.78. The van der Waals surface area contributed by atoms with Crippen molar-refractivity contribution < 1.29 is 4.79 Å². The Bertz CT molecular complexity index is 486. The summed E-state index contributed by atoms with van der Waals surface area (Å²) in [6.07, 6.45) is 4.46. The molecule has 2 aliphatic heterocycles. The number of nitrogens with zero attached hydrogens (tertiary/aromatic N) is 1. The minimum absolute atomic E-state index is 0.0273. The second-order valence-electron chi connectivity index (χ2n) is 6.11. The molecule has 2 atom stereocenters. The van der Waals surface area contributed by atoms with Crippen LogP contribution in [0, 0.1) is 5.92 Å². The van der Waals surface area contributed by atoms with E-state index >= 15 is 0 Å². The van der Waals surface area contributed by atoms with Crippen LogP contribution in [0.2, 0.25) is 0 Å². The molecule has 1 amide bonds. The van der Waals surface area contributed by atoms with Crippen LogP contribution in [0.3, 0.4) is 0 Å². The standard InChI is InChI=1S/C17H24N2O/c1-2-13-6-5-9-19(12-13)17(20)16-10-14-7-3-4-8-15(14)11-18-16/h3-4,7-8,13,16,18H,2,5-6,9-12H2,1H3/t13?,16-/m1/s1. The first-order valence-corrected chi connectivity index (χ1v) is 7.87. The summed E-state index contributed by atoms with van der Waals surface area (Å²) in [5, 5.41) is 3.41. The molecule has 2 aliphatic rings. The van der Waals surface area contributed by atoms with Gasteiger partial charge in [0.1, 0.15) is 0 Å². The molecule has 0 bridgehead atoms. The highest BCUT2D eigenvalue weighted by atomic mass is 16.2. The van der Waals surface area contributed by atoms with Crippen molar-refractivity contribution in [2.45, 2.75) is 45.2 Å². The number of hydrogen-bond acceptors (Lipinski definition) is 2. The number of fused-ring (bicyclic) bond motifs is 1. The molecule has 1 aromatic carbocycles. The molecule has 1 fully saturated rings. The second kappa shape index (κ2) is 5.96. The van der Waals surface area contributed by atoms with Crippen LogP contribution in [0.25, 0.3) is 0 Å². The summed E-state index contributed by atoms with van der Waals surface area (Å²) in [5.74, 6) is 1.00. The maximum atomic E-state index is 12.7. The smallest absolute Gasteiger partial charge is 0.240 e. The number of amides is 1. The van der Waals surface area contributed by atoms with Gasteiger partial charge in [0.15, 0.2) is 0 Å². The number of carbonyl (C=O) groups is 1. The van der Waals surface area contributed by atoms with Gasteiger partial charge in [-0.2, -0.15) is 0 Å². The Morgan fingerprint density at radius 1 is 1.35 bits per heavy atom. The molecular formula is C17H24N2O. The van der Waals surface area contributed by atoms with Crippen molar-refractivity contribution >= 4 is 5.91 Å². The summed E-state index contributed by atoms with van der Waals surface area (Å²) < 4.78 is 0. The highest BCUT2D eigenvalue weighted by Gasteiger charge is 2.30. The number of rotatable bonds is 2. The van der Waals surface area contributed by atoms with Gasteiger partial charge >= 0.3 is 0 Å². The van der Waals surface area contributed by atoms with Crippen LogP contribution >= 0.6 is 0 Å². The van der Waals surface area contributed by atoms with E-state index in [1.807, 2.05) is 0 Å². The Hall–Kier alpha value is -1.35. The first-order valence-electron chi connectivity index (χ1n) is 7.87. The molecule has 0 radical (unpaired) electrons. The predicted octanol–water partition coefficient (Wildman–Crippen LogP) is 2.35. The number of hydrogen-bond donors (Lipinski definition) is 1. The molecule has 2 heterocycles. The lowest BCUT2D eigenvalue weighted by Crippen LogP contribution is -2.52. The van der Waals surface area contributed by atoms with E-state index in [9.17, 15) is 4.79 Å². The van der Waals surface area contributed by atoms with Crippen LogP contribution < -0.4 is 5.32 Å². The molecule has 0 aromatic heterocycles. The molecule has 3 rings (SSSR count). The average molecular weight is 272 g/mol. The van der Waals surface area contributed by atoms with E-state index in [1.54, 1.807) is 0 Å². The summed E-state index contributed by atoms with van der Waals surface area (Å²) in [5.41, 5.74) is 2.66. The summed E-state index contributed by atoms with van der Waals surface area (Å²) in [6.45, 7) is 4.94. The number of nitrogens with one attached hydrogen (secondary N) is 1. The van der Waals surface area contributed by atoms with Crippen molar-refractivity contribution in [1.29, 1.82) is 0 Å². The molecule has 3 heteroatoms. The summed E-state index contributed by atoms with van der Waals surface area (Å²) in [4.78, 5) is 14.8. The Kier molecular flexibility index (Phi) is 4.06. The van der Waals surface area contributed by atoms with Gasteiger partial charge in [0.25, 0.3) is 0 Å². The van der Waals surface area contributed by atoms with Crippen molar-refractivity contribution in [3.8, 4) is 0 Å². The van der Waals surface area contributed by atoms with Crippen LogP contribution in [0.15, 0.2) is 24.3 Å². The van der Waals surface area contributed by atoms with E-state index in [2.05, 4.69) is 41.4 Å². The molecule has 1 saturated heterocycles. The minimum atomic E-state index is -0.0273. The van der Waals surface area contributed by atoms with E-state index in [4.69, 9.17) is 0 Å². The third-order valence-electron chi connectivity index (χ3n) is 4.79. The van der Waals surface area contributed by atoms with Gasteiger partial charge in [0, 0.05) is 19.6 Å². The molecule has 1 aromatic rings. The number of piperidine rings is 1. The topological polar surface area (TPSA) is 32.3 Å². The van der Waals surface area contributed by atoms with Crippen LogP contribution in [0.4, 0.5) is 0 Å². The highest BCUT2D eigenvalue weighted by molar-refractivity contribution is 5.82. The Morgan fingerprint density at radius 3 is 2.95 bits per heavy atom. The van der Waals surface area contributed by atoms with Crippen LogP contribution in [-0.2, 0) is 17.8 Å². The molecule has 20 heavy (non-hydrogen) atoms. The molecular weight excluding hydrogens is 248 g/mol. The lowest BCUT2D eigenvalue weighted by atomic mass is 9.92. The van der Waals surface area contributed by atoms with Crippen molar-refractivity contribution in [2.75, 3.05) is 13.1 Å². The van der Waals surface area contributed by atoms with Crippen molar-refractivity contribution in [3.63, 3.8) is 0 Å². The average Bonchev–Trinajstić information content (AvgIpc) is 2.53. The Balaban J connectivity index is 1.67. The lowest BCUT2D eigenvalue weighted by molar-refractivity contribution is -0.135. The summed E-state index contributed by atoms with van der Waals surface area (Å²) >= 11 is 0. The third kappa shape index (κ3) is 2.73. The summed E-state index contributed by atoms with van der Waals surface area (Å²) in [6, 6.07) is 8.41. The van der Waals surface area contributed by atoms with E-state index in [0.29, 0.717) is 11.8 Å². The van der Waals surface area contributed by atoms with Gasteiger partial charge in [-0.25, -0.2) is 0 Å². The zero-order valence-corrected chi connectivity index (χ0v) is 12.3. The van der Waals surface area contributed by atoms with Gasteiger partial charge in [-0.1, -0.05) is 37.6 Å². The minimum Gasteiger partial charge on any atom is -0.341 e. The maximum Gasteiger partial charge on any atom is 0.240 e. The second-order valence-corrected chi connectivity index (χ2v) is 6.11. The van der Waals surface area contributed by atoms with Crippen LogP contribution in [0.5, 0.6) is 0 Å². The Morgan fingerprint density at radius 2 is 2.15 bits per heavy atom. The van der Waals surface area contributed by atoms with Gasteiger partial charge in [0.05, 0.1) is 6.04 Å². The molecule has 0 spiro atoms. The number of likely N-dealkylation sites (tertiary alicyclic amines) is 1. The van der Waals surface area contributed by atoms with E-state index in [1.165, 1.54) is 24.0 Å². The molecule has 3 nitrogen and oxygen atoms in total. The lowest BCUT2D eigenvalue weighted by Gasteiger charge is -2.36. The van der Waals surface area contributed by atoms with Gasteiger partial charge < -0.3 is 10.2 Å². The monoisotopic (exact) mass is 272 g/mol. The predicted molar refractivity (Wildman–Crippen MR) is 80.4 cm³/mol. The maximum absolute atomic E-state index is 12.7. The Labute approximate surface area is 121 Å². The van der Waals surface area contributed by atoms with Gasteiger partial charge in [-0.05, 0) is 36.3 Å². The quantitative estimate of drug-likeness (QED) is 0.896. The number of carbonyl (C=O) groups excluding carboxylic acids is 1. The van der Waals surface area contributed by atoms with E-state index in [-0.39, 0.29) is 6.04 Å². The van der Waals surface area contributed by atoms with Crippen molar-refractivity contribution in [1.82, 2.24) is 10.2 Å². The fraction of sp³-hybridized carbons (Fsp3) is 0.588. The van der Waals surface area contributed by atoms with E-state index < -0.39 is 0 Å². The molecule has 108 valence electrons. The van der Waals surface area contributed by atoms with Crippen molar-refractivity contribution in [2.24, 2.45) is 5.92 Å². The van der Waals surface area contributed by atoms with Crippen molar-refractivity contribution in [3.05, 3.63) is 35.4 Å². The first kappa shape index (κ1) is 13.6. The highest BCUT2D eigenvalue weighted by Crippen LogP contribution is 2.22. The SMILES string of the molecule is CCC1CCCN(C(=O)[C@H]2Cc3ccccc3CN2)C1. The molecule has 0 aliphatic carbocycles.